The number of benzene rings is 3. The van der Waals surface area contributed by atoms with E-state index < -0.39 is 10.0 Å². The smallest absolute Gasteiger partial charge is 0.261 e. The van der Waals surface area contributed by atoms with Crippen LogP contribution in [0, 0.1) is 0 Å². The molecule has 144 valence electrons. The Kier molecular flexibility index (Phi) is 5.87. The van der Waals surface area contributed by atoms with Crippen LogP contribution in [0.25, 0.3) is 0 Å². The molecular formula is C20H17ClN2O4S. The molecule has 3 aromatic carbocycles. The lowest BCUT2D eigenvalue weighted by atomic mass is 10.2. The number of ether oxygens (including phenoxy) is 1. The highest BCUT2D eigenvalue weighted by Crippen LogP contribution is 2.26. The van der Waals surface area contributed by atoms with Gasteiger partial charge in [-0.2, -0.15) is 0 Å². The molecule has 0 fully saturated rings. The molecule has 0 radical (unpaired) electrons. The van der Waals surface area contributed by atoms with Crippen molar-refractivity contribution in [2.45, 2.75) is 4.90 Å². The number of carbonyl (C=O) groups is 1. The number of methoxy groups -OCH3 is 1. The standard InChI is InChI=1S/C20H17ClN2O4S/c1-27-16-7-5-6-15(13-16)22-20(24)14-10-11-19(18(21)12-14)23-28(25,26)17-8-3-2-4-9-17/h2-13,23H,1H3,(H,22,24). The fraction of sp³-hybridized carbons (Fsp3) is 0.0500. The second kappa shape index (κ2) is 8.33. The molecule has 0 unspecified atom stereocenters. The van der Waals surface area contributed by atoms with Crippen molar-refractivity contribution in [1.29, 1.82) is 0 Å². The zero-order valence-corrected chi connectivity index (χ0v) is 16.4. The van der Waals surface area contributed by atoms with Crippen LogP contribution in [-0.4, -0.2) is 21.4 Å². The summed E-state index contributed by atoms with van der Waals surface area (Å²) in [6, 6.07) is 19.2. The van der Waals surface area contributed by atoms with Gasteiger partial charge in [-0.3, -0.25) is 9.52 Å². The molecule has 0 aliphatic rings. The third-order valence-electron chi connectivity index (χ3n) is 3.86. The van der Waals surface area contributed by atoms with Crippen molar-refractivity contribution in [3.8, 4) is 5.75 Å². The van der Waals surface area contributed by atoms with Crippen LogP contribution in [0.2, 0.25) is 5.02 Å². The number of amides is 1. The van der Waals surface area contributed by atoms with Gasteiger partial charge in [0.2, 0.25) is 0 Å². The number of halogens is 1. The first-order chi connectivity index (χ1) is 13.4. The molecule has 0 aliphatic carbocycles. The van der Waals surface area contributed by atoms with Crippen molar-refractivity contribution < 1.29 is 17.9 Å². The van der Waals surface area contributed by atoms with Gasteiger partial charge >= 0.3 is 0 Å². The quantitative estimate of drug-likeness (QED) is 0.623. The molecule has 0 bridgehead atoms. The SMILES string of the molecule is COc1cccc(NC(=O)c2ccc(NS(=O)(=O)c3ccccc3)c(Cl)c2)c1. The maximum atomic E-state index is 12.4. The Hall–Kier alpha value is -3.03. The van der Waals surface area contributed by atoms with Crippen molar-refractivity contribution in [3.05, 3.63) is 83.4 Å². The summed E-state index contributed by atoms with van der Waals surface area (Å²) in [5.41, 5.74) is 1.04. The van der Waals surface area contributed by atoms with E-state index in [1.165, 1.54) is 37.4 Å². The van der Waals surface area contributed by atoms with Crippen molar-refractivity contribution in [2.24, 2.45) is 0 Å². The van der Waals surface area contributed by atoms with Crippen LogP contribution in [0.3, 0.4) is 0 Å². The molecule has 3 rings (SSSR count). The average molecular weight is 417 g/mol. The van der Waals surface area contributed by atoms with E-state index in [-0.39, 0.29) is 27.1 Å². The summed E-state index contributed by atoms with van der Waals surface area (Å²) < 4.78 is 32.4. The van der Waals surface area contributed by atoms with Crippen LogP contribution in [-0.2, 0) is 10.0 Å². The minimum atomic E-state index is -3.77. The first-order valence-electron chi connectivity index (χ1n) is 8.22. The lowest BCUT2D eigenvalue weighted by Gasteiger charge is -2.11. The summed E-state index contributed by atoms with van der Waals surface area (Å²) >= 11 is 6.19. The number of anilines is 2. The van der Waals surface area contributed by atoms with Gasteiger partial charge in [0.05, 0.1) is 22.7 Å². The van der Waals surface area contributed by atoms with Crippen LogP contribution in [0.5, 0.6) is 5.75 Å². The topological polar surface area (TPSA) is 84.5 Å². The Morgan fingerprint density at radius 2 is 1.71 bits per heavy atom. The predicted octanol–water partition coefficient (Wildman–Crippen LogP) is 4.40. The fourth-order valence-corrected chi connectivity index (χ4v) is 3.83. The van der Waals surface area contributed by atoms with E-state index >= 15 is 0 Å². The number of rotatable bonds is 6. The summed E-state index contributed by atoms with van der Waals surface area (Å²) in [6.45, 7) is 0. The molecule has 0 aliphatic heterocycles. The lowest BCUT2D eigenvalue weighted by molar-refractivity contribution is 0.102. The predicted molar refractivity (Wildman–Crippen MR) is 110 cm³/mol. The first-order valence-corrected chi connectivity index (χ1v) is 10.1. The first kappa shape index (κ1) is 19.7. The Morgan fingerprint density at radius 1 is 0.964 bits per heavy atom. The summed E-state index contributed by atoms with van der Waals surface area (Å²) in [6.07, 6.45) is 0. The van der Waals surface area contributed by atoms with Crippen molar-refractivity contribution >= 4 is 38.9 Å². The Bertz CT molecular complexity index is 1100. The molecule has 0 heterocycles. The van der Waals surface area contributed by atoms with Crippen LogP contribution in [0.15, 0.2) is 77.7 Å². The molecule has 0 spiro atoms. The zero-order valence-electron chi connectivity index (χ0n) is 14.8. The largest absolute Gasteiger partial charge is 0.497 e. The molecule has 3 aromatic rings. The highest BCUT2D eigenvalue weighted by Gasteiger charge is 2.16. The van der Waals surface area contributed by atoms with Crippen LogP contribution in [0.1, 0.15) is 10.4 Å². The maximum absolute atomic E-state index is 12.4. The van der Waals surface area contributed by atoms with Gasteiger partial charge in [-0.25, -0.2) is 8.42 Å². The van der Waals surface area contributed by atoms with Gasteiger partial charge in [0.1, 0.15) is 5.75 Å². The van der Waals surface area contributed by atoms with E-state index in [4.69, 9.17) is 16.3 Å². The molecule has 6 nitrogen and oxygen atoms in total. The minimum Gasteiger partial charge on any atom is -0.497 e. The van der Waals surface area contributed by atoms with Gasteiger partial charge in [0.25, 0.3) is 15.9 Å². The highest BCUT2D eigenvalue weighted by atomic mass is 35.5. The van der Waals surface area contributed by atoms with Crippen molar-refractivity contribution in [1.82, 2.24) is 0 Å². The van der Waals surface area contributed by atoms with Gasteiger partial charge in [-0.15, -0.1) is 0 Å². The van der Waals surface area contributed by atoms with E-state index in [0.29, 0.717) is 11.4 Å². The number of sulfonamides is 1. The molecule has 0 atom stereocenters. The van der Waals surface area contributed by atoms with Gasteiger partial charge in [0.15, 0.2) is 0 Å². The van der Waals surface area contributed by atoms with Crippen molar-refractivity contribution in [2.75, 3.05) is 17.1 Å². The monoisotopic (exact) mass is 416 g/mol. The molecule has 0 saturated carbocycles. The maximum Gasteiger partial charge on any atom is 0.261 e. The van der Waals surface area contributed by atoms with Gasteiger partial charge in [-0.1, -0.05) is 35.9 Å². The average Bonchev–Trinajstić information content (AvgIpc) is 2.70. The highest BCUT2D eigenvalue weighted by molar-refractivity contribution is 7.92. The summed E-state index contributed by atoms with van der Waals surface area (Å²) in [4.78, 5) is 12.6. The van der Waals surface area contributed by atoms with Gasteiger partial charge in [0, 0.05) is 17.3 Å². The number of carbonyl (C=O) groups excluding carboxylic acids is 1. The molecule has 0 aromatic heterocycles. The number of hydrogen-bond donors (Lipinski definition) is 2. The molecule has 1 amide bonds. The van der Waals surface area contributed by atoms with Gasteiger partial charge in [-0.05, 0) is 42.5 Å². The Labute approximate surface area is 168 Å². The molecule has 28 heavy (non-hydrogen) atoms. The van der Waals surface area contributed by atoms with E-state index in [1.54, 1.807) is 42.5 Å². The van der Waals surface area contributed by atoms with E-state index in [9.17, 15) is 13.2 Å². The molecule has 0 saturated heterocycles. The van der Waals surface area contributed by atoms with Gasteiger partial charge < -0.3 is 10.1 Å². The Balaban J connectivity index is 1.77. The van der Waals surface area contributed by atoms with Crippen LogP contribution < -0.4 is 14.8 Å². The second-order valence-corrected chi connectivity index (χ2v) is 7.89. The number of hydrogen-bond acceptors (Lipinski definition) is 4. The Morgan fingerprint density at radius 3 is 2.39 bits per heavy atom. The summed E-state index contributed by atoms with van der Waals surface area (Å²) in [5.74, 6) is 0.231. The minimum absolute atomic E-state index is 0.109. The lowest BCUT2D eigenvalue weighted by Crippen LogP contribution is -2.14. The molecular weight excluding hydrogens is 400 g/mol. The van der Waals surface area contributed by atoms with E-state index in [1.807, 2.05) is 0 Å². The van der Waals surface area contributed by atoms with Crippen molar-refractivity contribution in [3.63, 3.8) is 0 Å². The second-order valence-electron chi connectivity index (χ2n) is 5.80. The van der Waals surface area contributed by atoms with Crippen LogP contribution >= 0.6 is 11.6 Å². The fourth-order valence-electron chi connectivity index (χ4n) is 2.45. The summed E-state index contributed by atoms with van der Waals surface area (Å²) in [7, 11) is -2.24. The normalized spacial score (nSPS) is 10.9. The van der Waals surface area contributed by atoms with E-state index in [2.05, 4.69) is 10.0 Å². The third-order valence-corrected chi connectivity index (χ3v) is 5.55. The summed E-state index contributed by atoms with van der Waals surface area (Å²) in [5, 5.41) is 2.85. The number of nitrogens with one attached hydrogen (secondary N) is 2. The third kappa shape index (κ3) is 4.62. The zero-order chi connectivity index (χ0) is 20.1. The van der Waals surface area contributed by atoms with E-state index in [0.717, 1.165) is 0 Å². The van der Waals surface area contributed by atoms with Crippen LogP contribution in [0.4, 0.5) is 11.4 Å². The molecule has 2 N–H and O–H groups in total. The molecule has 8 heteroatoms.